The van der Waals surface area contributed by atoms with Crippen LogP contribution in [0.3, 0.4) is 0 Å². The predicted octanol–water partition coefficient (Wildman–Crippen LogP) is 5.54. The van der Waals surface area contributed by atoms with Crippen molar-refractivity contribution < 1.29 is 9.59 Å². The highest BCUT2D eigenvalue weighted by molar-refractivity contribution is 7.13. The van der Waals surface area contributed by atoms with E-state index in [0.29, 0.717) is 27.1 Å². The molecule has 0 saturated heterocycles. The van der Waals surface area contributed by atoms with Crippen LogP contribution in [0.25, 0.3) is 10.7 Å². The third kappa shape index (κ3) is 6.01. The van der Waals surface area contributed by atoms with E-state index in [9.17, 15) is 9.59 Å². The fraction of sp³-hybridized carbons (Fsp3) is 0.269. The van der Waals surface area contributed by atoms with Crippen LogP contribution in [0.2, 0.25) is 10.0 Å². The SMILES string of the molecule is O=C(NC1CCCC1)[C@@H](c1ccc(Cl)cc1)N(C(=O)Cn1nnc(-c2cccs2)n1)c1ccc(Cl)cc1. The Morgan fingerprint density at radius 3 is 2.35 bits per heavy atom. The topological polar surface area (TPSA) is 93.0 Å². The van der Waals surface area contributed by atoms with Crippen molar-refractivity contribution in [2.45, 2.75) is 44.3 Å². The average molecular weight is 555 g/mol. The number of amides is 2. The minimum Gasteiger partial charge on any atom is -0.351 e. The van der Waals surface area contributed by atoms with Gasteiger partial charge in [0.1, 0.15) is 12.6 Å². The standard InChI is InChI=1S/C26H24Cl2N6O2S/c27-18-9-7-17(8-10-18)24(26(36)29-20-4-1-2-5-20)34(21-13-11-19(28)12-14-21)23(35)16-33-31-25(30-32-33)22-6-3-15-37-22/h3,6-15,20,24H,1-2,4-5,16H2,(H,29,36)/t24-/m1/s1. The van der Waals surface area contributed by atoms with E-state index in [-0.39, 0.29) is 24.4 Å². The second-order valence-electron chi connectivity index (χ2n) is 8.80. The summed E-state index contributed by atoms with van der Waals surface area (Å²) in [5.41, 5.74) is 1.16. The monoisotopic (exact) mass is 554 g/mol. The number of halogens is 2. The molecule has 2 aromatic heterocycles. The Morgan fingerprint density at radius 2 is 1.70 bits per heavy atom. The van der Waals surface area contributed by atoms with Crippen LogP contribution in [0.5, 0.6) is 0 Å². The molecule has 37 heavy (non-hydrogen) atoms. The highest BCUT2D eigenvalue weighted by atomic mass is 35.5. The summed E-state index contributed by atoms with van der Waals surface area (Å²) < 4.78 is 0. The normalized spacial score (nSPS) is 14.4. The van der Waals surface area contributed by atoms with Crippen LogP contribution < -0.4 is 10.2 Å². The maximum Gasteiger partial charge on any atom is 0.251 e. The molecule has 0 bridgehead atoms. The van der Waals surface area contributed by atoms with E-state index < -0.39 is 6.04 Å². The first-order valence-electron chi connectivity index (χ1n) is 11.9. The largest absolute Gasteiger partial charge is 0.351 e. The Morgan fingerprint density at radius 1 is 1.03 bits per heavy atom. The zero-order valence-corrected chi connectivity index (χ0v) is 22.1. The van der Waals surface area contributed by atoms with Crippen molar-refractivity contribution in [2.75, 3.05) is 4.90 Å². The Hall–Kier alpha value is -3.27. The number of aromatic nitrogens is 4. The number of tetrazole rings is 1. The number of thiophene rings is 1. The fourth-order valence-corrected chi connectivity index (χ4v) is 5.36. The average Bonchev–Trinajstić information content (AvgIpc) is 3.67. The van der Waals surface area contributed by atoms with Gasteiger partial charge in [0.05, 0.1) is 4.88 Å². The molecule has 2 heterocycles. The van der Waals surface area contributed by atoms with E-state index in [2.05, 4.69) is 20.7 Å². The highest BCUT2D eigenvalue weighted by Gasteiger charge is 2.34. The summed E-state index contributed by atoms with van der Waals surface area (Å²) in [5.74, 6) is -0.198. The number of benzene rings is 2. The first-order chi connectivity index (χ1) is 18.0. The van der Waals surface area contributed by atoms with Crippen molar-refractivity contribution in [1.29, 1.82) is 0 Å². The molecule has 1 aliphatic carbocycles. The molecule has 11 heteroatoms. The van der Waals surface area contributed by atoms with Gasteiger partial charge in [-0.1, -0.05) is 54.2 Å². The van der Waals surface area contributed by atoms with Crippen molar-refractivity contribution in [3.63, 3.8) is 0 Å². The molecule has 1 aliphatic rings. The number of hydrogen-bond donors (Lipinski definition) is 1. The lowest BCUT2D eigenvalue weighted by atomic mass is 10.0. The third-order valence-electron chi connectivity index (χ3n) is 6.24. The Kier molecular flexibility index (Phi) is 7.83. The maximum absolute atomic E-state index is 13.9. The number of carbonyl (C=O) groups is 2. The number of anilines is 1. The van der Waals surface area contributed by atoms with E-state index in [1.54, 1.807) is 48.5 Å². The Labute approximate surface area is 228 Å². The predicted molar refractivity (Wildman–Crippen MR) is 145 cm³/mol. The molecule has 2 aromatic carbocycles. The molecular formula is C26H24Cl2N6O2S. The molecule has 0 radical (unpaired) electrons. The first kappa shape index (κ1) is 25.4. The molecule has 2 amide bonds. The van der Waals surface area contributed by atoms with E-state index in [4.69, 9.17) is 23.2 Å². The quantitative estimate of drug-likeness (QED) is 0.308. The lowest BCUT2D eigenvalue weighted by molar-refractivity contribution is -0.127. The summed E-state index contributed by atoms with van der Waals surface area (Å²) in [6.07, 6.45) is 3.98. The Bertz CT molecular complexity index is 1350. The summed E-state index contributed by atoms with van der Waals surface area (Å²) in [7, 11) is 0. The summed E-state index contributed by atoms with van der Waals surface area (Å²) in [6, 6.07) is 16.7. The summed E-state index contributed by atoms with van der Waals surface area (Å²) in [6.45, 7) is -0.207. The molecule has 190 valence electrons. The third-order valence-corrected chi connectivity index (χ3v) is 7.61. The number of hydrogen-bond acceptors (Lipinski definition) is 6. The number of carbonyl (C=O) groups excluding carboxylic acids is 2. The number of rotatable bonds is 8. The summed E-state index contributed by atoms with van der Waals surface area (Å²) in [5, 5.41) is 18.7. The van der Waals surface area contributed by atoms with Crippen LogP contribution in [-0.2, 0) is 16.1 Å². The van der Waals surface area contributed by atoms with Crippen molar-refractivity contribution in [3.05, 3.63) is 81.7 Å². The van der Waals surface area contributed by atoms with Crippen LogP contribution in [0.1, 0.15) is 37.3 Å². The van der Waals surface area contributed by atoms with Gasteiger partial charge in [-0.05, 0) is 71.5 Å². The van der Waals surface area contributed by atoms with Crippen molar-refractivity contribution in [3.8, 4) is 10.7 Å². The number of nitrogens with one attached hydrogen (secondary N) is 1. The lowest BCUT2D eigenvalue weighted by Gasteiger charge is -2.32. The van der Waals surface area contributed by atoms with Crippen molar-refractivity contribution in [1.82, 2.24) is 25.5 Å². The molecule has 1 atom stereocenters. The summed E-state index contributed by atoms with van der Waals surface area (Å²) >= 11 is 13.8. The molecule has 5 rings (SSSR count). The van der Waals surface area contributed by atoms with E-state index >= 15 is 0 Å². The molecular weight excluding hydrogens is 531 g/mol. The van der Waals surface area contributed by atoms with Gasteiger partial charge in [-0.2, -0.15) is 4.80 Å². The smallest absolute Gasteiger partial charge is 0.251 e. The second kappa shape index (κ2) is 11.4. The molecule has 4 aromatic rings. The summed E-state index contributed by atoms with van der Waals surface area (Å²) in [4.78, 5) is 31.2. The van der Waals surface area contributed by atoms with Crippen molar-refractivity contribution in [2.24, 2.45) is 0 Å². The Balaban J connectivity index is 1.51. The van der Waals surface area contributed by atoms with E-state index in [1.807, 2.05) is 17.5 Å². The molecule has 1 fully saturated rings. The van der Waals surface area contributed by atoms with Crippen LogP contribution in [0.4, 0.5) is 5.69 Å². The minimum absolute atomic E-state index is 0.0785. The first-order valence-corrected chi connectivity index (χ1v) is 13.6. The van der Waals surface area contributed by atoms with Gasteiger partial charge >= 0.3 is 0 Å². The van der Waals surface area contributed by atoms with Gasteiger partial charge in [-0.25, -0.2) is 0 Å². The molecule has 0 spiro atoms. The van der Waals surface area contributed by atoms with Gasteiger partial charge in [0.15, 0.2) is 0 Å². The van der Waals surface area contributed by atoms with Gasteiger partial charge in [-0.15, -0.1) is 21.5 Å². The van der Waals surface area contributed by atoms with Gasteiger partial charge in [0, 0.05) is 21.8 Å². The van der Waals surface area contributed by atoms with Gasteiger partial charge in [0.25, 0.3) is 5.91 Å². The van der Waals surface area contributed by atoms with E-state index in [1.165, 1.54) is 21.0 Å². The second-order valence-corrected chi connectivity index (χ2v) is 10.6. The zero-order chi connectivity index (χ0) is 25.8. The van der Waals surface area contributed by atoms with Crippen molar-refractivity contribution >= 4 is 52.0 Å². The van der Waals surface area contributed by atoms with E-state index in [0.717, 1.165) is 30.6 Å². The van der Waals surface area contributed by atoms with Crippen LogP contribution in [-0.4, -0.2) is 38.1 Å². The molecule has 0 aliphatic heterocycles. The number of nitrogens with zero attached hydrogens (tertiary/aromatic N) is 5. The lowest BCUT2D eigenvalue weighted by Crippen LogP contribution is -2.47. The van der Waals surface area contributed by atoms with Gasteiger partial charge in [0.2, 0.25) is 11.7 Å². The van der Waals surface area contributed by atoms with Gasteiger partial charge < -0.3 is 5.32 Å². The van der Waals surface area contributed by atoms with Crippen LogP contribution >= 0.6 is 34.5 Å². The molecule has 1 saturated carbocycles. The van der Waals surface area contributed by atoms with Crippen LogP contribution in [0.15, 0.2) is 66.0 Å². The zero-order valence-electron chi connectivity index (χ0n) is 19.8. The highest BCUT2D eigenvalue weighted by Crippen LogP contribution is 2.31. The molecule has 8 nitrogen and oxygen atoms in total. The molecule has 1 N–H and O–H groups in total. The maximum atomic E-state index is 13.9. The van der Waals surface area contributed by atoms with Crippen LogP contribution in [0, 0.1) is 0 Å². The molecule has 0 unspecified atom stereocenters. The minimum atomic E-state index is -0.938. The van der Waals surface area contributed by atoms with Gasteiger partial charge in [-0.3, -0.25) is 14.5 Å². The fourth-order valence-electron chi connectivity index (χ4n) is 4.46.